The van der Waals surface area contributed by atoms with Crippen molar-refractivity contribution >= 4 is 11.3 Å². The van der Waals surface area contributed by atoms with Crippen LogP contribution >= 0.6 is 11.3 Å². The number of thiophene rings is 1. The summed E-state index contributed by atoms with van der Waals surface area (Å²) in [5.41, 5.74) is 0.758. The second-order valence-electron chi connectivity index (χ2n) is 4.93. The maximum Gasteiger partial charge on any atom is 0.127 e. The average Bonchev–Trinajstić information content (AvgIpc) is 2.96. The molecule has 108 valence electrons. The molecule has 1 atom stereocenters. The van der Waals surface area contributed by atoms with Crippen molar-refractivity contribution in [1.82, 2.24) is 10.2 Å². The van der Waals surface area contributed by atoms with Crippen molar-refractivity contribution in [2.24, 2.45) is 0 Å². The Hall–Kier alpha value is -1.23. The lowest BCUT2D eigenvalue weighted by molar-refractivity contribution is 0.256. The van der Waals surface area contributed by atoms with Crippen molar-refractivity contribution in [2.45, 2.75) is 19.5 Å². The fraction of sp³-hybridized carbons (Fsp3) is 0.375. The molecule has 0 saturated carbocycles. The predicted molar refractivity (Wildman–Crippen MR) is 83.5 cm³/mol. The van der Waals surface area contributed by atoms with Crippen molar-refractivity contribution < 1.29 is 4.39 Å². The molecule has 2 rings (SSSR count). The number of rotatable bonds is 7. The van der Waals surface area contributed by atoms with E-state index < -0.39 is 0 Å². The third-order valence-electron chi connectivity index (χ3n) is 3.54. The van der Waals surface area contributed by atoms with Gasteiger partial charge >= 0.3 is 0 Å². The highest BCUT2D eigenvalue weighted by Gasteiger charge is 2.14. The second-order valence-corrected chi connectivity index (χ2v) is 5.97. The molecule has 1 aromatic heterocycles. The Kier molecular flexibility index (Phi) is 5.71. The Morgan fingerprint density at radius 3 is 2.75 bits per heavy atom. The van der Waals surface area contributed by atoms with Gasteiger partial charge < -0.3 is 5.32 Å². The van der Waals surface area contributed by atoms with Gasteiger partial charge in [-0.05, 0) is 31.5 Å². The smallest absolute Gasteiger partial charge is 0.127 e. The van der Waals surface area contributed by atoms with E-state index in [-0.39, 0.29) is 11.9 Å². The molecular formula is C16H21FN2S. The molecule has 1 N–H and O–H groups in total. The van der Waals surface area contributed by atoms with Gasteiger partial charge in [0.1, 0.15) is 5.82 Å². The molecule has 0 bridgehead atoms. The van der Waals surface area contributed by atoms with Crippen LogP contribution in [0.5, 0.6) is 0 Å². The standard InChI is InChI=1S/C16H21FN2S/c1-13(15-7-3-4-8-16(15)17)19(2)10-9-18-12-14-6-5-11-20-14/h3-8,11,13,18H,9-10,12H2,1-2H3. The van der Waals surface area contributed by atoms with Gasteiger partial charge in [-0.15, -0.1) is 11.3 Å². The van der Waals surface area contributed by atoms with E-state index in [0.29, 0.717) is 0 Å². The number of halogens is 1. The van der Waals surface area contributed by atoms with E-state index in [1.165, 1.54) is 10.9 Å². The van der Waals surface area contributed by atoms with Gasteiger partial charge in [0, 0.05) is 36.1 Å². The third kappa shape index (κ3) is 4.13. The van der Waals surface area contributed by atoms with Gasteiger partial charge in [-0.25, -0.2) is 4.39 Å². The summed E-state index contributed by atoms with van der Waals surface area (Å²) in [6, 6.07) is 11.3. The van der Waals surface area contributed by atoms with Crippen LogP contribution in [0.15, 0.2) is 41.8 Å². The molecule has 0 aliphatic carbocycles. The Morgan fingerprint density at radius 2 is 2.05 bits per heavy atom. The molecule has 1 unspecified atom stereocenters. The van der Waals surface area contributed by atoms with Crippen LogP contribution < -0.4 is 5.32 Å². The number of benzene rings is 1. The van der Waals surface area contributed by atoms with Crippen molar-refractivity contribution in [1.29, 1.82) is 0 Å². The van der Waals surface area contributed by atoms with E-state index in [1.54, 1.807) is 17.4 Å². The Morgan fingerprint density at radius 1 is 1.25 bits per heavy atom. The van der Waals surface area contributed by atoms with Gasteiger partial charge in [-0.3, -0.25) is 4.90 Å². The van der Waals surface area contributed by atoms with Gasteiger partial charge in [0.15, 0.2) is 0 Å². The molecule has 4 heteroatoms. The van der Waals surface area contributed by atoms with E-state index in [4.69, 9.17) is 0 Å². The van der Waals surface area contributed by atoms with Crippen LogP contribution in [0.3, 0.4) is 0 Å². The highest BCUT2D eigenvalue weighted by atomic mass is 32.1. The normalized spacial score (nSPS) is 12.8. The van der Waals surface area contributed by atoms with E-state index in [0.717, 1.165) is 25.2 Å². The van der Waals surface area contributed by atoms with Crippen molar-refractivity contribution in [3.05, 3.63) is 58.0 Å². The van der Waals surface area contributed by atoms with Crippen LogP contribution in [-0.4, -0.2) is 25.0 Å². The zero-order valence-corrected chi connectivity index (χ0v) is 12.8. The topological polar surface area (TPSA) is 15.3 Å². The molecule has 20 heavy (non-hydrogen) atoms. The SMILES string of the molecule is CC(c1ccccc1F)N(C)CCNCc1cccs1. The van der Waals surface area contributed by atoms with E-state index in [9.17, 15) is 4.39 Å². The van der Waals surface area contributed by atoms with Gasteiger partial charge in [-0.1, -0.05) is 24.3 Å². The van der Waals surface area contributed by atoms with Gasteiger partial charge in [0.25, 0.3) is 0 Å². The van der Waals surface area contributed by atoms with Crippen LogP contribution in [0.25, 0.3) is 0 Å². The monoisotopic (exact) mass is 292 g/mol. The first-order chi connectivity index (χ1) is 9.68. The summed E-state index contributed by atoms with van der Waals surface area (Å²) in [5, 5.41) is 5.50. The molecule has 0 spiro atoms. The number of likely N-dealkylation sites (N-methyl/N-ethyl adjacent to an activating group) is 1. The summed E-state index contributed by atoms with van der Waals surface area (Å²) in [4.78, 5) is 3.51. The summed E-state index contributed by atoms with van der Waals surface area (Å²) in [6.07, 6.45) is 0. The molecule has 0 radical (unpaired) electrons. The minimum Gasteiger partial charge on any atom is -0.311 e. The quantitative estimate of drug-likeness (QED) is 0.783. The Balaban J connectivity index is 1.77. The van der Waals surface area contributed by atoms with E-state index in [1.807, 2.05) is 26.1 Å². The Bertz CT molecular complexity index is 513. The first-order valence-electron chi connectivity index (χ1n) is 6.86. The molecule has 1 aromatic carbocycles. The minimum absolute atomic E-state index is 0.0831. The minimum atomic E-state index is -0.126. The fourth-order valence-corrected chi connectivity index (χ4v) is 2.80. The molecule has 0 aliphatic rings. The number of hydrogen-bond donors (Lipinski definition) is 1. The average molecular weight is 292 g/mol. The highest BCUT2D eigenvalue weighted by Crippen LogP contribution is 2.20. The van der Waals surface area contributed by atoms with E-state index >= 15 is 0 Å². The molecule has 0 amide bonds. The summed E-state index contributed by atoms with van der Waals surface area (Å²) >= 11 is 1.76. The van der Waals surface area contributed by atoms with Crippen LogP contribution in [0.4, 0.5) is 4.39 Å². The lowest BCUT2D eigenvalue weighted by Gasteiger charge is -2.25. The molecule has 2 aromatic rings. The number of hydrogen-bond acceptors (Lipinski definition) is 3. The van der Waals surface area contributed by atoms with Crippen molar-refractivity contribution in [2.75, 3.05) is 20.1 Å². The van der Waals surface area contributed by atoms with Crippen LogP contribution in [0.1, 0.15) is 23.4 Å². The largest absolute Gasteiger partial charge is 0.311 e. The zero-order chi connectivity index (χ0) is 14.4. The van der Waals surface area contributed by atoms with Crippen LogP contribution in [0, 0.1) is 5.82 Å². The van der Waals surface area contributed by atoms with Crippen LogP contribution in [-0.2, 0) is 6.54 Å². The molecular weight excluding hydrogens is 271 g/mol. The predicted octanol–water partition coefficient (Wildman–Crippen LogP) is 3.67. The Labute approximate surface area is 124 Å². The first kappa shape index (κ1) is 15.2. The lowest BCUT2D eigenvalue weighted by atomic mass is 10.1. The maximum atomic E-state index is 13.7. The maximum absolute atomic E-state index is 13.7. The first-order valence-corrected chi connectivity index (χ1v) is 7.74. The molecule has 0 fully saturated rings. The molecule has 0 saturated heterocycles. The third-order valence-corrected chi connectivity index (χ3v) is 4.41. The number of nitrogens with zero attached hydrogens (tertiary/aromatic N) is 1. The fourth-order valence-electron chi connectivity index (χ4n) is 2.13. The molecule has 0 aliphatic heterocycles. The lowest BCUT2D eigenvalue weighted by Crippen LogP contribution is -2.31. The van der Waals surface area contributed by atoms with Crippen molar-refractivity contribution in [3.8, 4) is 0 Å². The summed E-state index contributed by atoms with van der Waals surface area (Å²) in [6.45, 7) is 4.73. The second kappa shape index (κ2) is 7.53. The van der Waals surface area contributed by atoms with Gasteiger partial charge in [0.05, 0.1) is 0 Å². The summed E-state index contributed by atoms with van der Waals surface area (Å²) < 4.78 is 13.7. The van der Waals surface area contributed by atoms with Crippen molar-refractivity contribution in [3.63, 3.8) is 0 Å². The molecule has 1 heterocycles. The van der Waals surface area contributed by atoms with Gasteiger partial charge in [0.2, 0.25) is 0 Å². The van der Waals surface area contributed by atoms with E-state index in [2.05, 4.69) is 27.7 Å². The van der Waals surface area contributed by atoms with Gasteiger partial charge in [-0.2, -0.15) is 0 Å². The number of nitrogens with one attached hydrogen (secondary N) is 1. The highest BCUT2D eigenvalue weighted by molar-refractivity contribution is 7.09. The zero-order valence-electron chi connectivity index (χ0n) is 12.0. The molecule has 2 nitrogen and oxygen atoms in total. The summed E-state index contributed by atoms with van der Waals surface area (Å²) in [5.74, 6) is -0.126. The van der Waals surface area contributed by atoms with Crippen LogP contribution in [0.2, 0.25) is 0 Å². The summed E-state index contributed by atoms with van der Waals surface area (Å²) in [7, 11) is 2.03.